The van der Waals surface area contributed by atoms with Crippen molar-refractivity contribution >= 4 is 10.4 Å². The molecule has 0 spiro atoms. The van der Waals surface area contributed by atoms with Crippen LogP contribution in [0.5, 0.6) is 0 Å². The number of pyridine rings is 2. The van der Waals surface area contributed by atoms with Crippen molar-refractivity contribution in [2.24, 2.45) is 0 Å². The highest BCUT2D eigenvalue weighted by Gasteiger charge is 2.08. The molecule has 0 aliphatic heterocycles. The van der Waals surface area contributed by atoms with E-state index < -0.39 is 22.6 Å². The van der Waals surface area contributed by atoms with Crippen LogP contribution in [0.3, 0.4) is 0 Å². The SMILES string of the molecule is Cc1cc[n+](CC(O)CO)cc1.Cc1cc[n+](CC(O)CO)cc1.O=S(=O)([O-])[O-]. The Morgan fingerprint density at radius 1 is 0.793 bits per heavy atom. The maximum atomic E-state index is 9.11. The number of rotatable bonds is 6. The van der Waals surface area contributed by atoms with Gasteiger partial charge in [0.1, 0.15) is 12.2 Å². The van der Waals surface area contributed by atoms with E-state index in [1.165, 1.54) is 11.1 Å². The summed E-state index contributed by atoms with van der Waals surface area (Å²) in [5.41, 5.74) is 2.37. The summed E-state index contributed by atoms with van der Waals surface area (Å²) in [6, 6.07) is 7.85. The molecule has 0 amide bonds. The normalized spacial score (nSPS) is 12.7. The number of hydrogen-bond donors (Lipinski definition) is 4. The predicted molar refractivity (Wildman–Crippen MR) is 99.4 cm³/mol. The highest BCUT2D eigenvalue weighted by Crippen LogP contribution is 1.91. The molecule has 2 aromatic rings. The summed E-state index contributed by atoms with van der Waals surface area (Å²) >= 11 is 0. The van der Waals surface area contributed by atoms with Gasteiger partial charge in [0, 0.05) is 34.7 Å². The number of nitrogens with zero attached hydrogens (tertiary/aromatic N) is 2. The second-order valence-electron chi connectivity index (χ2n) is 6.23. The Balaban J connectivity index is 0.000000442. The quantitative estimate of drug-likeness (QED) is 0.229. The van der Waals surface area contributed by atoms with Crippen LogP contribution >= 0.6 is 0 Å². The van der Waals surface area contributed by atoms with Gasteiger partial charge in [-0.3, -0.25) is 8.42 Å². The van der Waals surface area contributed by atoms with Crippen LogP contribution in [-0.4, -0.2) is 63.4 Å². The highest BCUT2D eigenvalue weighted by atomic mass is 32.3. The van der Waals surface area contributed by atoms with E-state index in [2.05, 4.69) is 0 Å². The van der Waals surface area contributed by atoms with E-state index in [-0.39, 0.29) is 13.2 Å². The van der Waals surface area contributed by atoms with E-state index in [1.54, 1.807) is 0 Å². The fraction of sp³-hybridized carbons (Fsp3) is 0.444. The average Bonchev–Trinajstić information content (AvgIpc) is 2.64. The maximum absolute atomic E-state index is 9.11. The molecule has 0 aromatic carbocycles. The van der Waals surface area contributed by atoms with Crippen molar-refractivity contribution in [2.45, 2.75) is 39.1 Å². The Kier molecular flexibility index (Phi) is 13.1. The zero-order valence-electron chi connectivity index (χ0n) is 16.3. The van der Waals surface area contributed by atoms with Crippen molar-refractivity contribution in [3.05, 3.63) is 60.2 Å². The lowest BCUT2D eigenvalue weighted by atomic mass is 10.3. The van der Waals surface area contributed by atoms with Crippen molar-refractivity contribution in [2.75, 3.05) is 13.2 Å². The zero-order chi connectivity index (χ0) is 22.4. The summed E-state index contributed by atoms with van der Waals surface area (Å²) in [6.07, 6.45) is 6.20. The van der Waals surface area contributed by atoms with Gasteiger partial charge in [-0.25, -0.2) is 9.13 Å². The molecule has 10 nitrogen and oxygen atoms in total. The Morgan fingerprint density at radius 2 is 1.03 bits per heavy atom. The van der Waals surface area contributed by atoms with Crippen molar-refractivity contribution in [3.63, 3.8) is 0 Å². The van der Waals surface area contributed by atoms with E-state index in [0.29, 0.717) is 13.1 Å². The minimum Gasteiger partial charge on any atom is -0.759 e. The van der Waals surface area contributed by atoms with Crippen LogP contribution in [0, 0.1) is 13.8 Å². The third kappa shape index (κ3) is 16.6. The molecule has 29 heavy (non-hydrogen) atoms. The van der Waals surface area contributed by atoms with Gasteiger partial charge in [-0.15, -0.1) is 0 Å². The van der Waals surface area contributed by atoms with E-state index in [4.69, 9.17) is 37.9 Å². The van der Waals surface area contributed by atoms with E-state index in [9.17, 15) is 0 Å². The zero-order valence-corrected chi connectivity index (χ0v) is 17.1. The van der Waals surface area contributed by atoms with Crippen molar-refractivity contribution in [1.29, 1.82) is 0 Å². The van der Waals surface area contributed by atoms with Crippen LogP contribution in [0.2, 0.25) is 0 Å². The Labute approximate surface area is 170 Å². The van der Waals surface area contributed by atoms with Crippen LogP contribution in [0.1, 0.15) is 11.1 Å². The van der Waals surface area contributed by atoms with Gasteiger partial charge < -0.3 is 29.5 Å². The van der Waals surface area contributed by atoms with Gasteiger partial charge in [0.2, 0.25) is 0 Å². The second kappa shape index (κ2) is 14.1. The van der Waals surface area contributed by atoms with E-state index in [1.807, 2.05) is 72.0 Å². The summed E-state index contributed by atoms with van der Waals surface area (Å²) in [4.78, 5) is 0. The maximum Gasteiger partial charge on any atom is 0.176 e. The standard InChI is InChI=1S/2C9H14NO2.H2O4S/c2*1-8-2-4-10(5-3-8)6-9(12)7-11;1-5(2,3)4/h2*2-5,9,11-12H,6-7H2,1H3;(H2,1,2,3,4)/q2*+1;/p-2. The molecule has 2 heterocycles. The molecule has 0 saturated carbocycles. The summed E-state index contributed by atoms with van der Waals surface area (Å²) in [6.45, 7) is 4.51. The molecule has 2 unspecified atom stereocenters. The molecule has 0 bridgehead atoms. The predicted octanol–water partition coefficient (Wildman–Crippen LogP) is -2.07. The van der Waals surface area contributed by atoms with Gasteiger partial charge in [-0.1, -0.05) is 0 Å². The van der Waals surface area contributed by atoms with Crippen LogP contribution < -0.4 is 9.13 Å². The minimum absolute atomic E-state index is 0.194. The molecule has 2 rings (SSSR count). The molecule has 0 radical (unpaired) electrons. The third-order valence-corrected chi connectivity index (χ3v) is 3.38. The van der Waals surface area contributed by atoms with Crippen LogP contribution in [-0.2, 0) is 23.5 Å². The van der Waals surface area contributed by atoms with Crippen LogP contribution in [0.15, 0.2) is 49.1 Å². The van der Waals surface area contributed by atoms with Gasteiger partial charge in [0.15, 0.2) is 37.9 Å². The van der Waals surface area contributed by atoms with E-state index in [0.717, 1.165) is 0 Å². The number of hydrogen-bond acceptors (Lipinski definition) is 8. The minimum atomic E-state index is -5.17. The fourth-order valence-corrected chi connectivity index (χ4v) is 1.91. The Bertz CT molecular complexity index is 721. The van der Waals surface area contributed by atoms with Crippen molar-refractivity contribution in [1.82, 2.24) is 0 Å². The molecule has 4 N–H and O–H groups in total. The third-order valence-electron chi connectivity index (χ3n) is 3.38. The lowest BCUT2D eigenvalue weighted by Crippen LogP contribution is -2.40. The molecule has 0 aliphatic rings. The lowest BCUT2D eigenvalue weighted by Gasteiger charge is -2.06. The fourth-order valence-electron chi connectivity index (χ4n) is 1.91. The molecule has 2 atom stereocenters. The van der Waals surface area contributed by atoms with Crippen LogP contribution in [0.25, 0.3) is 0 Å². The Morgan fingerprint density at radius 3 is 1.24 bits per heavy atom. The summed E-state index contributed by atoms with van der Waals surface area (Å²) < 4.78 is 37.8. The average molecular weight is 432 g/mol. The summed E-state index contributed by atoms with van der Waals surface area (Å²) in [5, 5.41) is 35.4. The first-order valence-electron chi connectivity index (χ1n) is 8.60. The monoisotopic (exact) mass is 432 g/mol. The van der Waals surface area contributed by atoms with Gasteiger partial charge in [-0.2, -0.15) is 0 Å². The molecule has 0 saturated heterocycles. The molecule has 0 aliphatic carbocycles. The number of aliphatic hydroxyl groups excluding tert-OH is 4. The molecular formula is C18H28N2O8S. The van der Waals surface area contributed by atoms with Crippen molar-refractivity contribution < 1.29 is 47.1 Å². The highest BCUT2D eigenvalue weighted by molar-refractivity contribution is 7.79. The summed E-state index contributed by atoms with van der Waals surface area (Å²) in [7, 11) is -5.17. The molecule has 164 valence electrons. The van der Waals surface area contributed by atoms with Gasteiger partial charge in [0.25, 0.3) is 0 Å². The number of aliphatic hydroxyl groups is 4. The molecule has 11 heteroatoms. The summed E-state index contributed by atoms with van der Waals surface area (Å²) in [5.74, 6) is 0. The number of aryl methyl sites for hydroxylation is 2. The van der Waals surface area contributed by atoms with Crippen LogP contribution in [0.4, 0.5) is 0 Å². The first kappa shape index (κ1) is 27.0. The van der Waals surface area contributed by atoms with Gasteiger partial charge >= 0.3 is 0 Å². The molecule has 0 fully saturated rings. The smallest absolute Gasteiger partial charge is 0.176 e. The topological polar surface area (TPSA) is 169 Å². The van der Waals surface area contributed by atoms with E-state index >= 15 is 0 Å². The first-order valence-corrected chi connectivity index (χ1v) is 9.94. The lowest BCUT2D eigenvalue weighted by molar-refractivity contribution is -0.704. The first-order chi connectivity index (χ1) is 13.4. The van der Waals surface area contributed by atoms with Crippen molar-refractivity contribution in [3.8, 4) is 0 Å². The molecular weight excluding hydrogens is 404 g/mol. The van der Waals surface area contributed by atoms with Gasteiger partial charge in [0.05, 0.1) is 13.2 Å². The van der Waals surface area contributed by atoms with Gasteiger partial charge in [-0.05, 0) is 25.0 Å². The number of aromatic nitrogens is 2. The second-order valence-corrected chi connectivity index (χ2v) is 7.04. The Hall–Kier alpha value is -1.99. The largest absolute Gasteiger partial charge is 0.759 e. The molecule has 2 aromatic heterocycles.